The van der Waals surface area contributed by atoms with Crippen LogP contribution in [0.4, 0.5) is 0 Å². The zero-order valence-electron chi connectivity index (χ0n) is 10.1. The molecule has 16 heavy (non-hydrogen) atoms. The van der Waals surface area contributed by atoms with E-state index < -0.39 is 0 Å². The third-order valence-electron chi connectivity index (χ3n) is 3.91. The zero-order chi connectivity index (χ0) is 11.5. The maximum atomic E-state index is 12.1. The van der Waals surface area contributed by atoms with Crippen molar-refractivity contribution in [3.8, 4) is 0 Å². The Hall–Kier alpha value is -0.860. The molecule has 2 rings (SSSR count). The number of hydrogen-bond acceptors (Lipinski definition) is 2. The van der Waals surface area contributed by atoms with E-state index in [2.05, 4.69) is 0 Å². The lowest BCUT2D eigenvalue weighted by atomic mass is 9.82. The Balaban J connectivity index is 1.85. The number of likely N-dealkylation sites (tertiary alicyclic amines) is 1. The number of rotatable bonds is 4. The van der Waals surface area contributed by atoms with Gasteiger partial charge < -0.3 is 4.90 Å². The molecule has 2 fully saturated rings. The molecule has 1 unspecified atom stereocenters. The lowest BCUT2D eigenvalue weighted by Crippen LogP contribution is -2.38. The predicted molar refractivity (Wildman–Crippen MR) is 62.0 cm³/mol. The van der Waals surface area contributed by atoms with Crippen LogP contribution in [-0.2, 0) is 9.59 Å². The van der Waals surface area contributed by atoms with Gasteiger partial charge in [-0.05, 0) is 38.5 Å². The van der Waals surface area contributed by atoms with Gasteiger partial charge in [-0.15, -0.1) is 0 Å². The van der Waals surface area contributed by atoms with Gasteiger partial charge >= 0.3 is 0 Å². The van der Waals surface area contributed by atoms with Crippen LogP contribution in [0.15, 0.2) is 0 Å². The van der Waals surface area contributed by atoms with E-state index >= 15 is 0 Å². The fourth-order valence-corrected chi connectivity index (χ4v) is 2.77. The Bertz CT molecular complexity index is 284. The minimum absolute atomic E-state index is 0.199. The highest BCUT2D eigenvalue weighted by Crippen LogP contribution is 2.31. The lowest BCUT2D eigenvalue weighted by Gasteiger charge is -2.29. The highest BCUT2D eigenvalue weighted by Gasteiger charge is 2.31. The molecule has 0 aromatic heterocycles. The van der Waals surface area contributed by atoms with Crippen LogP contribution in [0.1, 0.15) is 51.9 Å². The van der Waals surface area contributed by atoms with Crippen molar-refractivity contribution in [1.82, 2.24) is 4.90 Å². The summed E-state index contributed by atoms with van der Waals surface area (Å²) in [6.07, 6.45) is 7.07. The summed E-state index contributed by atoms with van der Waals surface area (Å²) in [5.41, 5.74) is 0. The Kier molecular flexibility index (Phi) is 3.62. The van der Waals surface area contributed by atoms with Crippen LogP contribution < -0.4 is 0 Å². The van der Waals surface area contributed by atoms with Gasteiger partial charge in [-0.1, -0.05) is 6.42 Å². The van der Waals surface area contributed by atoms with E-state index in [1.54, 1.807) is 6.92 Å². The summed E-state index contributed by atoms with van der Waals surface area (Å²) >= 11 is 0. The molecule has 1 aliphatic heterocycles. The lowest BCUT2D eigenvalue weighted by molar-refractivity contribution is -0.134. The van der Waals surface area contributed by atoms with Crippen molar-refractivity contribution < 1.29 is 9.59 Å². The van der Waals surface area contributed by atoms with Gasteiger partial charge in [0, 0.05) is 25.4 Å². The quantitative estimate of drug-likeness (QED) is 0.732. The molecule has 0 bridgehead atoms. The van der Waals surface area contributed by atoms with Gasteiger partial charge in [-0.25, -0.2) is 0 Å². The molecule has 1 saturated carbocycles. The summed E-state index contributed by atoms with van der Waals surface area (Å²) in [5, 5.41) is 0. The molecule has 0 aromatic rings. The highest BCUT2D eigenvalue weighted by atomic mass is 16.2. The van der Waals surface area contributed by atoms with Gasteiger partial charge in [0.05, 0.1) is 0 Å². The molecule has 3 nitrogen and oxygen atoms in total. The third kappa shape index (κ3) is 2.63. The van der Waals surface area contributed by atoms with Crippen LogP contribution in [0, 0.1) is 5.92 Å². The van der Waals surface area contributed by atoms with Gasteiger partial charge in [0.1, 0.15) is 5.78 Å². The molecule has 1 aliphatic carbocycles. The second kappa shape index (κ2) is 4.98. The molecule has 90 valence electrons. The van der Waals surface area contributed by atoms with Crippen LogP contribution in [0.2, 0.25) is 0 Å². The molecule has 1 saturated heterocycles. The van der Waals surface area contributed by atoms with Crippen LogP contribution in [0.3, 0.4) is 0 Å². The van der Waals surface area contributed by atoms with E-state index in [9.17, 15) is 9.59 Å². The summed E-state index contributed by atoms with van der Waals surface area (Å²) in [4.78, 5) is 25.1. The van der Waals surface area contributed by atoms with E-state index in [1.165, 1.54) is 19.3 Å². The molecule has 2 aliphatic rings. The number of nitrogens with zero attached hydrogens (tertiary/aromatic N) is 1. The Morgan fingerprint density at radius 3 is 2.44 bits per heavy atom. The maximum Gasteiger partial charge on any atom is 0.223 e. The van der Waals surface area contributed by atoms with Gasteiger partial charge in [-0.2, -0.15) is 0 Å². The van der Waals surface area contributed by atoms with E-state index in [-0.39, 0.29) is 17.7 Å². The standard InChI is InChI=1S/C13H21NO2/c1-10(15)8-12-6-3-7-14(12)13(16)9-11-4-2-5-11/h11-12H,2-9H2,1H3. The smallest absolute Gasteiger partial charge is 0.223 e. The van der Waals surface area contributed by atoms with Crippen molar-refractivity contribution in [2.75, 3.05) is 6.54 Å². The first-order valence-electron chi connectivity index (χ1n) is 6.45. The normalized spacial score (nSPS) is 25.6. The van der Waals surface area contributed by atoms with Crippen LogP contribution in [0.5, 0.6) is 0 Å². The number of Topliss-reactive ketones (excluding diaryl/α,β-unsaturated/α-hetero) is 1. The number of carbonyl (C=O) groups is 2. The van der Waals surface area contributed by atoms with Crippen LogP contribution in [0.25, 0.3) is 0 Å². The van der Waals surface area contributed by atoms with Gasteiger partial charge in [0.25, 0.3) is 0 Å². The minimum Gasteiger partial charge on any atom is -0.339 e. The second-order valence-corrected chi connectivity index (χ2v) is 5.29. The first kappa shape index (κ1) is 11.6. The summed E-state index contributed by atoms with van der Waals surface area (Å²) in [6.45, 7) is 2.48. The summed E-state index contributed by atoms with van der Waals surface area (Å²) < 4.78 is 0. The van der Waals surface area contributed by atoms with Crippen LogP contribution >= 0.6 is 0 Å². The minimum atomic E-state index is 0.199. The SMILES string of the molecule is CC(=O)CC1CCCN1C(=O)CC1CCC1. The average Bonchev–Trinajstić information content (AvgIpc) is 2.58. The predicted octanol–water partition coefficient (Wildman–Crippen LogP) is 2.15. The van der Waals surface area contributed by atoms with Crippen molar-refractivity contribution in [2.24, 2.45) is 5.92 Å². The average molecular weight is 223 g/mol. The summed E-state index contributed by atoms with van der Waals surface area (Å²) in [7, 11) is 0. The monoisotopic (exact) mass is 223 g/mol. The van der Waals surface area contributed by atoms with Gasteiger partial charge in [-0.3, -0.25) is 9.59 Å². The summed E-state index contributed by atoms with van der Waals surface area (Å²) in [5.74, 6) is 1.12. The Labute approximate surface area is 97.2 Å². The van der Waals surface area contributed by atoms with Gasteiger partial charge in [0.15, 0.2) is 0 Å². The van der Waals surface area contributed by atoms with E-state index in [0.717, 1.165) is 19.4 Å². The van der Waals surface area contributed by atoms with Crippen molar-refractivity contribution in [3.05, 3.63) is 0 Å². The number of ketones is 1. The molecule has 0 aromatic carbocycles. The molecule has 3 heteroatoms. The molecule has 1 heterocycles. The fraction of sp³-hybridized carbons (Fsp3) is 0.846. The van der Waals surface area contributed by atoms with Crippen molar-refractivity contribution in [1.29, 1.82) is 0 Å². The zero-order valence-corrected chi connectivity index (χ0v) is 10.1. The Morgan fingerprint density at radius 2 is 1.88 bits per heavy atom. The molecular weight excluding hydrogens is 202 g/mol. The topological polar surface area (TPSA) is 37.4 Å². The van der Waals surface area contributed by atoms with Crippen molar-refractivity contribution in [2.45, 2.75) is 57.9 Å². The largest absolute Gasteiger partial charge is 0.339 e. The van der Waals surface area contributed by atoms with Crippen molar-refractivity contribution in [3.63, 3.8) is 0 Å². The highest BCUT2D eigenvalue weighted by molar-refractivity contribution is 5.80. The maximum absolute atomic E-state index is 12.1. The van der Waals surface area contributed by atoms with E-state index in [4.69, 9.17) is 0 Å². The van der Waals surface area contributed by atoms with Gasteiger partial charge in [0.2, 0.25) is 5.91 Å². The van der Waals surface area contributed by atoms with Crippen LogP contribution in [-0.4, -0.2) is 29.2 Å². The third-order valence-corrected chi connectivity index (χ3v) is 3.91. The Morgan fingerprint density at radius 1 is 1.12 bits per heavy atom. The van der Waals surface area contributed by atoms with E-state index in [0.29, 0.717) is 18.8 Å². The first-order chi connectivity index (χ1) is 7.66. The number of amides is 1. The molecule has 1 atom stereocenters. The molecule has 0 radical (unpaired) electrons. The molecular formula is C13H21NO2. The first-order valence-corrected chi connectivity index (χ1v) is 6.45. The fourth-order valence-electron chi connectivity index (χ4n) is 2.77. The summed E-state index contributed by atoms with van der Waals surface area (Å²) in [6, 6.07) is 0.199. The van der Waals surface area contributed by atoms with E-state index in [1.807, 2.05) is 4.90 Å². The molecule has 0 N–H and O–H groups in total. The number of carbonyl (C=O) groups excluding carboxylic acids is 2. The second-order valence-electron chi connectivity index (χ2n) is 5.29. The number of hydrogen-bond donors (Lipinski definition) is 0. The van der Waals surface area contributed by atoms with Crippen molar-refractivity contribution >= 4 is 11.7 Å². The molecule has 1 amide bonds. The molecule has 0 spiro atoms.